The largest absolute Gasteiger partial charge is 0.465 e. The van der Waals surface area contributed by atoms with Crippen LogP contribution in [0.2, 0.25) is 0 Å². The minimum absolute atomic E-state index is 0.00843. The van der Waals surface area contributed by atoms with Gasteiger partial charge in [0.15, 0.2) is 0 Å². The molecule has 0 atom stereocenters. The van der Waals surface area contributed by atoms with Gasteiger partial charge in [-0.1, -0.05) is 22.0 Å². The summed E-state index contributed by atoms with van der Waals surface area (Å²) in [5, 5.41) is 9.30. The Kier molecular flexibility index (Phi) is 4.18. The lowest BCUT2D eigenvalue weighted by molar-refractivity contribution is 0.202. The molecule has 0 fully saturated rings. The zero-order valence-corrected chi connectivity index (χ0v) is 14.5. The summed E-state index contributed by atoms with van der Waals surface area (Å²) < 4.78 is 39.4. The molecule has 2 aromatic rings. The van der Waals surface area contributed by atoms with Crippen LogP contribution in [0, 0.1) is 5.82 Å². The van der Waals surface area contributed by atoms with Gasteiger partial charge in [0.2, 0.25) is 9.84 Å². The summed E-state index contributed by atoms with van der Waals surface area (Å²) in [7, 11) is -3.89. The van der Waals surface area contributed by atoms with Gasteiger partial charge in [-0.2, -0.15) is 0 Å². The third kappa shape index (κ3) is 2.83. The van der Waals surface area contributed by atoms with E-state index in [4.69, 9.17) is 0 Å². The maximum atomic E-state index is 13.1. The smallest absolute Gasteiger partial charge is 0.412 e. The van der Waals surface area contributed by atoms with Crippen molar-refractivity contribution in [2.24, 2.45) is 0 Å². The second kappa shape index (κ2) is 6.03. The Labute approximate surface area is 146 Å². The van der Waals surface area contributed by atoms with Crippen molar-refractivity contribution in [2.75, 3.05) is 11.4 Å². The van der Waals surface area contributed by atoms with Crippen molar-refractivity contribution in [3.8, 4) is 0 Å². The van der Waals surface area contributed by atoms with Crippen LogP contribution < -0.4 is 4.90 Å². The van der Waals surface area contributed by atoms with Crippen molar-refractivity contribution in [3.05, 3.63) is 64.4 Å². The van der Waals surface area contributed by atoms with E-state index in [1.54, 1.807) is 18.2 Å². The molecule has 3 rings (SSSR count). The molecule has 0 spiro atoms. The Morgan fingerprint density at radius 2 is 1.83 bits per heavy atom. The molecule has 1 aliphatic heterocycles. The van der Waals surface area contributed by atoms with Gasteiger partial charge in [-0.3, -0.25) is 4.90 Å². The molecule has 0 radical (unpaired) electrons. The van der Waals surface area contributed by atoms with Gasteiger partial charge in [0.1, 0.15) is 5.82 Å². The molecule has 1 amide bonds. The molecule has 8 heteroatoms. The fourth-order valence-electron chi connectivity index (χ4n) is 2.50. The van der Waals surface area contributed by atoms with E-state index < -0.39 is 21.7 Å². The molecule has 124 valence electrons. The summed E-state index contributed by atoms with van der Waals surface area (Å²) in [6, 6.07) is 9.25. The first kappa shape index (κ1) is 16.7. The number of amides is 1. The lowest BCUT2D eigenvalue weighted by atomic mass is 10.1. The van der Waals surface area contributed by atoms with Crippen LogP contribution in [0.15, 0.2) is 57.9 Å². The van der Waals surface area contributed by atoms with E-state index in [9.17, 15) is 22.7 Å². The van der Waals surface area contributed by atoms with Crippen LogP contribution in [0.4, 0.5) is 14.9 Å². The van der Waals surface area contributed by atoms with Gasteiger partial charge in [0.05, 0.1) is 15.5 Å². The highest BCUT2D eigenvalue weighted by Crippen LogP contribution is 2.38. The van der Waals surface area contributed by atoms with E-state index in [-0.39, 0.29) is 27.6 Å². The summed E-state index contributed by atoms with van der Waals surface area (Å²) in [6.07, 6.45) is 0.173. The van der Waals surface area contributed by atoms with Crippen LogP contribution in [0.3, 0.4) is 0 Å². The summed E-state index contributed by atoms with van der Waals surface area (Å²) in [5.74, 6) is -0.534. The first-order valence-electron chi connectivity index (χ1n) is 6.82. The number of anilines is 1. The third-order valence-electron chi connectivity index (χ3n) is 3.62. The molecular weight excluding hydrogens is 401 g/mol. The number of hydrogen-bond donors (Lipinski definition) is 1. The van der Waals surface area contributed by atoms with Gasteiger partial charge < -0.3 is 5.11 Å². The van der Waals surface area contributed by atoms with Crippen LogP contribution in [-0.4, -0.2) is 26.2 Å². The van der Waals surface area contributed by atoms with Crippen molar-refractivity contribution in [3.63, 3.8) is 0 Å². The Hall–Kier alpha value is -2.19. The van der Waals surface area contributed by atoms with Gasteiger partial charge in [0.25, 0.3) is 0 Å². The predicted octanol–water partition coefficient (Wildman–Crippen LogP) is 3.90. The van der Waals surface area contributed by atoms with Crippen molar-refractivity contribution >= 4 is 42.5 Å². The molecule has 5 nitrogen and oxygen atoms in total. The number of nitrogens with zero attached hydrogens (tertiary/aromatic N) is 1. The highest BCUT2D eigenvalue weighted by molar-refractivity contribution is 9.10. The van der Waals surface area contributed by atoms with Crippen molar-refractivity contribution < 1.29 is 22.7 Å². The first-order chi connectivity index (χ1) is 11.3. The molecule has 0 saturated heterocycles. The maximum Gasteiger partial charge on any atom is 0.412 e. The molecule has 24 heavy (non-hydrogen) atoms. The van der Waals surface area contributed by atoms with Crippen LogP contribution in [0.25, 0.3) is 4.91 Å². The van der Waals surface area contributed by atoms with Crippen molar-refractivity contribution in [1.29, 1.82) is 0 Å². The number of hydrogen-bond acceptors (Lipinski definition) is 3. The zero-order valence-electron chi connectivity index (χ0n) is 12.1. The standard InChI is InChI=1S/C16H11BrFNO4S/c17-10-1-6-13-14(9-10)19(16(20)21)8-7-15(13)24(22,23)12-4-2-11(18)3-5-12/h1-7,9H,8H2,(H,20,21). The first-order valence-corrected chi connectivity index (χ1v) is 9.09. The molecular formula is C16H11BrFNO4S. The number of halogens is 2. The Balaban J connectivity index is 2.16. The molecule has 0 unspecified atom stereocenters. The molecule has 0 bridgehead atoms. The molecule has 1 aliphatic rings. The number of rotatable bonds is 2. The monoisotopic (exact) mass is 411 g/mol. The Morgan fingerprint density at radius 1 is 1.17 bits per heavy atom. The van der Waals surface area contributed by atoms with Gasteiger partial charge >= 0.3 is 6.09 Å². The predicted molar refractivity (Wildman–Crippen MR) is 91.1 cm³/mol. The molecule has 0 saturated carbocycles. The van der Waals surface area contributed by atoms with Gasteiger partial charge in [-0.25, -0.2) is 17.6 Å². The van der Waals surface area contributed by atoms with Crippen LogP contribution >= 0.6 is 15.9 Å². The number of fused-ring (bicyclic) bond motifs is 1. The molecule has 2 aromatic carbocycles. The summed E-state index contributed by atoms with van der Waals surface area (Å²) in [6.45, 7) is -0.0887. The van der Waals surface area contributed by atoms with E-state index in [2.05, 4.69) is 15.9 Å². The van der Waals surface area contributed by atoms with Crippen LogP contribution in [0.5, 0.6) is 0 Å². The number of benzene rings is 2. The van der Waals surface area contributed by atoms with E-state index in [0.717, 1.165) is 17.0 Å². The number of carbonyl (C=O) groups is 1. The summed E-state index contributed by atoms with van der Waals surface area (Å²) >= 11 is 3.26. The van der Waals surface area contributed by atoms with Crippen LogP contribution in [-0.2, 0) is 9.84 Å². The minimum Gasteiger partial charge on any atom is -0.465 e. The van der Waals surface area contributed by atoms with Crippen molar-refractivity contribution in [2.45, 2.75) is 4.90 Å². The normalized spacial score (nSPS) is 14.1. The summed E-state index contributed by atoms with van der Waals surface area (Å²) in [5.41, 5.74) is 0.566. The van der Waals surface area contributed by atoms with Gasteiger partial charge in [-0.05, 0) is 42.5 Å². The second-order valence-corrected chi connectivity index (χ2v) is 7.91. The average molecular weight is 412 g/mol. The van der Waals surface area contributed by atoms with Crippen molar-refractivity contribution in [1.82, 2.24) is 0 Å². The average Bonchev–Trinajstić information content (AvgIpc) is 2.53. The highest BCUT2D eigenvalue weighted by Gasteiger charge is 2.31. The molecule has 1 N–H and O–H groups in total. The SMILES string of the molecule is O=C(O)N1CC=C(S(=O)(=O)c2ccc(F)cc2)c2ccc(Br)cc21. The maximum absolute atomic E-state index is 13.1. The van der Waals surface area contributed by atoms with Gasteiger partial charge in [-0.15, -0.1) is 0 Å². The zero-order chi connectivity index (χ0) is 17.5. The Bertz CT molecular complexity index is 955. The highest BCUT2D eigenvalue weighted by atomic mass is 79.9. The quantitative estimate of drug-likeness (QED) is 0.760. The van der Waals surface area contributed by atoms with Crippen LogP contribution in [0.1, 0.15) is 5.56 Å². The van der Waals surface area contributed by atoms with E-state index in [1.165, 1.54) is 18.2 Å². The molecule has 1 heterocycles. The molecule has 0 aromatic heterocycles. The van der Waals surface area contributed by atoms with E-state index in [1.807, 2.05) is 0 Å². The topological polar surface area (TPSA) is 74.7 Å². The minimum atomic E-state index is -3.89. The lowest BCUT2D eigenvalue weighted by Crippen LogP contribution is -2.33. The molecule has 0 aliphatic carbocycles. The number of carboxylic acid groups (broad SMARTS) is 1. The Morgan fingerprint density at radius 3 is 2.46 bits per heavy atom. The fourth-order valence-corrected chi connectivity index (χ4v) is 4.35. The third-order valence-corrected chi connectivity index (χ3v) is 5.97. The van der Waals surface area contributed by atoms with Gasteiger partial charge in [0, 0.05) is 16.6 Å². The summed E-state index contributed by atoms with van der Waals surface area (Å²) in [4.78, 5) is 12.4. The fraction of sp³-hybridized carbons (Fsp3) is 0.0625. The lowest BCUT2D eigenvalue weighted by Gasteiger charge is -2.27. The second-order valence-electron chi connectivity index (χ2n) is 5.08. The van der Waals surface area contributed by atoms with E-state index in [0.29, 0.717) is 4.47 Å². The van der Waals surface area contributed by atoms with E-state index >= 15 is 0 Å². The number of sulfone groups is 1.